The Labute approximate surface area is 98.8 Å². The van der Waals surface area contributed by atoms with Gasteiger partial charge in [0.05, 0.1) is 6.20 Å². The Morgan fingerprint density at radius 3 is 3.00 bits per heavy atom. The zero-order valence-electron chi connectivity index (χ0n) is 9.30. The lowest BCUT2D eigenvalue weighted by molar-refractivity contribution is 0.0949. The Morgan fingerprint density at radius 2 is 2.18 bits per heavy atom. The quantitative estimate of drug-likeness (QED) is 0.752. The molecule has 86 valence electrons. The molecule has 2 heterocycles. The summed E-state index contributed by atoms with van der Waals surface area (Å²) in [6.45, 7) is 0.733. The van der Waals surface area contributed by atoms with Crippen molar-refractivity contribution in [2.45, 2.75) is 12.8 Å². The summed E-state index contributed by atoms with van der Waals surface area (Å²) >= 11 is 0. The van der Waals surface area contributed by atoms with E-state index in [-0.39, 0.29) is 5.91 Å². The number of nitrogens with zero attached hydrogens (tertiary/aromatic N) is 2. The van der Waals surface area contributed by atoms with E-state index in [0.717, 1.165) is 25.1 Å². The molecule has 17 heavy (non-hydrogen) atoms. The van der Waals surface area contributed by atoms with Gasteiger partial charge in [-0.2, -0.15) is 0 Å². The van der Waals surface area contributed by atoms with Crippen LogP contribution in [0.2, 0.25) is 0 Å². The van der Waals surface area contributed by atoms with Crippen molar-refractivity contribution < 1.29 is 9.32 Å². The van der Waals surface area contributed by atoms with E-state index in [9.17, 15) is 4.79 Å². The van der Waals surface area contributed by atoms with Gasteiger partial charge in [0.25, 0.3) is 5.91 Å². The van der Waals surface area contributed by atoms with Crippen LogP contribution in [0.15, 0.2) is 41.1 Å². The van der Waals surface area contributed by atoms with E-state index in [2.05, 4.69) is 11.2 Å². The number of amides is 1. The summed E-state index contributed by atoms with van der Waals surface area (Å²) in [7, 11) is 0. The Balaban J connectivity index is 1.98. The lowest BCUT2D eigenvalue weighted by Gasteiger charge is -2.28. The summed E-state index contributed by atoms with van der Waals surface area (Å²) in [5.41, 5.74) is 2.20. The fourth-order valence-corrected chi connectivity index (χ4v) is 2.20. The van der Waals surface area contributed by atoms with Crippen molar-refractivity contribution in [3.63, 3.8) is 0 Å². The van der Waals surface area contributed by atoms with Crippen LogP contribution in [0, 0.1) is 0 Å². The molecule has 1 aromatic carbocycles. The van der Waals surface area contributed by atoms with Crippen molar-refractivity contribution in [1.82, 2.24) is 5.16 Å². The van der Waals surface area contributed by atoms with Crippen molar-refractivity contribution in [2.75, 3.05) is 11.4 Å². The molecule has 0 fully saturated rings. The molecule has 4 heteroatoms. The zero-order valence-corrected chi connectivity index (χ0v) is 9.30. The first-order valence-corrected chi connectivity index (χ1v) is 5.67. The minimum atomic E-state index is -0.116. The first-order chi connectivity index (χ1) is 8.36. The Kier molecular flexibility index (Phi) is 2.40. The SMILES string of the molecule is O=C(c1ccno1)N1CCCc2ccccc21. The molecule has 0 saturated heterocycles. The van der Waals surface area contributed by atoms with E-state index in [4.69, 9.17) is 4.52 Å². The third-order valence-corrected chi connectivity index (χ3v) is 3.00. The molecule has 3 rings (SSSR count). The Bertz CT molecular complexity index is 534. The second kappa shape index (κ2) is 4.05. The molecule has 1 amide bonds. The fourth-order valence-electron chi connectivity index (χ4n) is 2.20. The molecular formula is C13H12N2O2. The molecule has 0 saturated carbocycles. The largest absolute Gasteiger partial charge is 0.351 e. The third kappa shape index (κ3) is 1.71. The molecule has 0 unspecified atom stereocenters. The number of aromatic nitrogens is 1. The van der Waals surface area contributed by atoms with Crippen LogP contribution < -0.4 is 4.90 Å². The maximum absolute atomic E-state index is 12.2. The highest BCUT2D eigenvalue weighted by Gasteiger charge is 2.25. The van der Waals surface area contributed by atoms with E-state index in [1.54, 1.807) is 11.0 Å². The molecule has 1 aromatic heterocycles. The second-order valence-corrected chi connectivity index (χ2v) is 4.07. The van der Waals surface area contributed by atoms with Gasteiger partial charge in [0.2, 0.25) is 5.76 Å². The van der Waals surface area contributed by atoms with E-state index in [0.29, 0.717) is 5.76 Å². The Morgan fingerprint density at radius 1 is 1.29 bits per heavy atom. The number of hydrogen-bond acceptors (Lipinski definition) is 3. The highest BCUT2D eigenvalue weighted by molar-refractivity contribution is 6.04. The normalized spacial score (nSPS) is 14.5. The average molecular weight is 228 g/mol. The summed E-state index contributed by atoms with van der Waals surface area (Å²) in [6.07, 6.45) is 3.50. The van der Waals surface area contributed by atoms with Crippen LogP contribution >= 0.6 is 0 Å². The molecule has 1 aliphatic heterocycles. The molecule has 4 nitrogen and oxygen atoms in total. The van der Waals surface area contributed by atoms with Crippen LogP contribution in [-0.4, -0.2) is 17.6 Å². The average Bonchev–Trinajstić information content (AvgIpc) is 2.91. The van der Waals surface area contributed by atoms with Gasteiger partial charge in [-0.25, -0.2) is 0 Å². The van der Waals surface area contributed by atoms with Gasteiger partial charge in [0.15, 0.2) is 0 Å². The van der Waals surface area contributed by atoms with Gasteiger partial charge in [-0.05, 0) is 24.5 Å². The summed E-state index contributed by atoms with van der Waals surface area (Å²) in [6, 6.07) is 9.59. The van der Waals surface area contributed by atoms with Crippen LogP contribution in [0.4, 0.5) is 5.69 Å². The number of rotatable bonds is 1. The van der Waals surface area contributed by atoms with Gasteiger partial charge in [-0.3, -0.25) is 4.79 Å². The van der Waals surface area contributed by atoms with Crippen molar-refractivity contribution in [3.05, 3.63) is 47.9 Å². The number of hydrogen-bond donors (Lipinski definition) is 0. The van der Waals surface area contributed by atoms with Crippen LogP contribution in [0.3, 0.4) is 0 Å². The van der Waals surface area contributed by atoms with E-state index < -0.39 is 0 Å². The van der Waals surface area contributed by atoms with E-state index >= 15 is 0 Å². The standard InChI is InChI=1S/C13H12N2O2/c16-13(12-7-8-14-17-12)15-9-3-5-10-4-1-2-6-11(10)15/h1-2,4,6-8H,3,5,9H2. The monoisotopic (exact) mass is 228 g/mol. The first-order valence-electron chi connectivity index (χ1n) is 5.67. The van der Waals surface area contributed by atoms with Crippen LogP contribution in [-0.2, 0) is 6.42 Å². The van der Waals surface area contributed by atoms with Crippen molar-refractivity contribution in [3.8, 4) is 0 Å². The van der Waals surface area contributed by atoms with E-state index in [1.165, 1.54) is 11.8 Å². The number of aryl methyl sites for hydroxylation is 1. The number of para-hydroxylation sites is 1. The van der Waals surface area contributed by atoms with Crippen LogP contribution in [0.5, 0.6) is 0 Å². The molecule has 0 radical (unpaired) electrons. The second-order valence-electron chi connectivity index (χ2n) is 4.07. The van der Waals surface area contributed by atoms with Crippen molar-refractivity contribution >= 4 is 11.6 Å². The zero-order chi connectivity index (χ0) is 11.7. The topological polar surface area (TPSA) is 46.3 Å². The summed E-state index contributed by atoms with van der Waals surface area (Å²) in [4.78, 5) is 14.0. The predicted molar refractivity (Wildman–Crippen MR) is 62.9 cm³/mol. The Hall–Kier alpha value is -2.10. The van der Waals surface area contributed by atoms with E-state index in [1.807, 2.05) is 18.2 Å². The summed E-state index contributed by atoms with van der Waals surface area (Å²) in [5, 5.41) is 3.57. The van der Waals surface area contributed by atoms with Crippen molar-refractivity contribution in [2.24, 2.45) is 0 Å². The number of fused-ring (bicyclic) bond motifs is 1. The van der Waals surface area contributed by atoms with Gasteiger partial charge in [-0.15, -0.1) is 0 Å². The molecule has 0 bridgehead atoms. The van der Waals surface area contributed by atoms with Gasteiger partial charge in [0, 0.05) is 18.3 Å². The van der Waals surface area contributed by atoms with Crippen molar-refractivity contribution in [1.29, 1.82) is 0 Å². The maximum atomic E-state index is 12.2. The summed E-state index contributed by atoms with van der Waals surface area (Å²) in [5.74, 6) is 0.177. The highest BCUT2D eigenvalue weighted by atomic mass is 16.5. The predicted octanol–water partition coefficient (Wildman–Crippen LogP) is 2.27. The van der Waals surface area contributed by atoms with Crippen LogP contribution in [0.25, 0.3) is 0 Å². The minimum absolute atomic E-state index is 0.116. The molecule has 2 aromatic rings. The molecular weight excluding hydrogens is 216 g/mol. The number of carbonyl (C=O) groups is 1. The minimum Gasteiger partial charge on any atom is -0.351 e. The molecule has 0 spiro atoms. The molecule has 0 N–H and O–H groups in total. The van der Waals surface area contributed by atoms with Crippen LogP contribution in [0.1, 0.15) is 22.5 Å². The van der Waals surface area contributed by atoms with Gasteiger partial charge >= 0.3 is 0 Å². The molecule has 0 atom stereocenters. The number of carbonyl (C=O) groups excluding carboxylic acids is 1. The smallest absolute Gasteiger partial charge is 0.296 e. The lowest BCUT2D eigenvalue weighted by Crippen LogP contribution is -2.35. The van der Waals surface area contributed by atoms with Gasteiger partial charge in [0.1, 0.15) is 0 Å². The lowest BCUT2D eigenvalue weighted by atomic mass is 10.0. The molecule has 1 aliphatic rings. The number of benzene rings is 1. The fraction of sp³-hybridized carbons (Fsp3) is 0.231. The first kappa shape index (κ1) is 10.1. The maximum Gasteiger partial charge on any atom is 0.296 e. The third-order valence-electron chi connectivity index (χ3n) is 3.00. The highest BCUT2D eigenvalue weighted by Crippen LogP contribution is 2.27. The van der Waals surface area contributed by atoms with Gasteiger partial charge in [-0.1, -0.05) is 23.4 Å². The number of anilines is 1. The van der Waals surface area contributed by atoms with Gasteiger partial charge < -0.3 is 9.42 Å². The molecule has 0 aliphatic carbocycles. The summed E-state index contributed by atoms with van der Waals surface area (Å²) < 4.78 is 4.92.